The van der Waals surface area contributed by atoms with E-state index in [1.54, 1.807) is 48.5 Å². The molecule has 0 radical (unpaired) electrons. The molecule has 0 unspecified atom stereocenters. The number of fused-ring (bicyclic) bond motifs is 1. The van der Waals surface area contributed by atoms with Crippen LogP contribution in [0.1, 0.15) is 40.5 Å². The molecule has 0 fully saturated rings. The number of rotatable bonds is 14. The van der Waals surface area contributed by atoms with Crippen LogP contribution in [0.25, 0.3) is 0 Å². The third kappa shape index (κ3) is 7.26. The fraction of sp³-hybridized carbons (Fsp3) is 0.419. The molecule has 0 aromatic heterocycles. The zero-order valence-corrected chi connectivity index (χ0v) is 26.3. The second kappa shape index (κ2) is 14.2. The van der Waals surface area contributed by atoms with Crippen molar-refractivity contribution >= 4 is 10.1 Å². The average molecular weight is 735 g/mol. The van der Waals surface area contributed by atoms with Gasteiger partial charge in [-0.2, -0.15) is 47.9 Å². The molecule has 18 heteroatoms. The smallest absolute Gasteiger partial charge is 0.460 e. The van der Waals surface area contributed by atoms with Crippen LogP contribution in [-0.4, -0.2) is 65.9 Å². The summed E-state index contributed by atoms with van der Waals surface area (Å²) < 4.78 is 186. The largest absolute Gasteiger partial charge is 0.496 e. The number of methoxy groups -OCH3 is 2. The lowest BCUT2D eigenvalue weighted by Gasteiger charge is -2.35. The summed E-state index contributed by atoms with van der Waals surface area (Å²) in [5, 5.41) is -7.19. The summed E-state index contributed by atoms with van der Waals surface area (Å²) in [6, 6.07) is 14.9. The number of alkyl halides is 9. The highest BCUT2D eigenvalue weighted by Crippen LogP contribution is 2.55. The molecule has 0 heterocycles. The first-order valence-electron chi connectivity index (χ1n) is 14.2. The van der Waals surface area contributed by atoms with E-state index in [0.717, 1.165) is 18.2 Å². The Morgan fingerprint density at radius 1 is 0.796 bits per heavy atom. The lowest BCUT2D eigenvalue weighted by molar-refractivity contribution is -0.382. The lowest BCUT2D eigenvalue weighted by Crippen LogP contribution is -2.63. The fourth-order valence-electron chi connectivity index (χ4n) is 5.36. The molecule has 3 aromatic rings. The summed E-state index contributed by atoms with van der Waals surface area (Å²) in [7, 11) is -4.89. The van der Waals surface area contributed by atoms with Gasteiger partial charge in [0.05, 0.1) is 20.3 Å². The fourth-order valence-corrected chi connectivity index (χ4v) is 6.27. The molecule has 0 saturated heterocycles. The van der Waals surface area contributed by atoms with Crippen LogP contribution in [0.3, 0.4) is 0 Å². The molecule has 0 spiro atoms. The molecule has 0 aliphatic heterocycles. The topological polar surface area (TPSA) is 80.3 Å². The Bertz CT molecular complexity index is 1720. The Kier molecular flexibility index (Phi) is 11.0. The molecule has 0 bridgehead atoms. The quantitative estimate of drug-likeness (QED) is 0.0723. The molecule has 1 aliphatic carbocycles. The van der Waals surface area contributed by atoms with Crippen molar-refractivity contribution in [2.45, 2.75) is 48.0 Å². The number of halogens is 10. The van der Waals surface area contributed by atoms with Gasteiger partial charge in [-0.25, -0.2) is 4.39 Å². The van der Waals surface area contributed by atoms with Gasteiger partial charge in [-0.05, 0) is 53.6 Å². The van der Waals surface area contributed by atoms with Crippen LogP contribution in [0.5, 0.6) is 17.2 Å². The predicted octanol–water partition coefficient (Wildman–Crippen LogP) is 7.83. The highest BCUT2D eigenvalue weighted by Gasteiger charge is 2.86. The average Bonchev–Trinajstić information content (AvgIpc) is 3.04. The van der Waals surface area contributed by atoms with E-state index >= 15 is 4.39 Å². The maximum absolute atomic E-state index is 15.5. The third-order valence-electron chi connectivity index (χ3n) is 7.79. The van der Waals surface area contributed by atoms with E-state index in [-0.39, 0.29) is 19.0 Å². The first-order chi connectivity index (χ1) is 22.8. The van der Waals surface area contributed by atoms with Gasteiger partial charge in [-0.3, -0.25) is 0 Å². The maximum atomic E-state index is 15.5. The van der Waals surface area contributed by atoms with Gasteiger partial charge in [0.25, 0.3) is 0 Å². The van der Waals surface area contributed by atoms with Crippen molar-refractivity contribution in [3.63, 3.8) is 0 Å². The van der Waals surface area contributed by atoms with Gasteiger partial charge in [-0.1, -0.05) is 36.4 Å². The van der Waals surface area contributed by atoms with Crippen LogP contribution in [-0.2, 0) is 26.0 Å². The van der Waals surface area contributed by atoms with Crippen LogP contribution in [0.4, 0.5) is 43.9 Å². The van der Waals surface area contributed by atoms with Crippen molar-refractivity contribution in [3.05, 3.63) is 88.7 Å². The van der Waals surface area contributed by atoms with Crippen LogP contribution >= 0.6 is 0 Å². The molecular weight excluding hydrogens is 706 g/mol. The van der Waals surface area contributed by atoms with E-state index in [2.05, 4.69) is 4.18 Å². The lowest BCUT2D eigenvalue weighted by atomic mass is 9.69. The standard InChI is InChI=1S/C31H28F10O7S/c1-44-12-13-46-17-47-20-9-11-22-19(14-20)8-10-21(18-6-4-3-5-7-18)27(22)23-15-24(32)26(16-25(23)45-2)48-49(42,43)31(40,41)29(35,36)28(33,34)30(37,38)39/h3-7,9,11,14-16,21,27H,8,10,12-13,17H2,1-2H3/t21-,27+/m0/s1. The van der Waals surface area contributed by atoms with Crippen molar-refractivity contribution in [3.8, 4) is 17.2 Å². The van der Waals surface area contributed by atoms with E-state index in [0.29, 0.717) is 42.9 Å². The summed E-state index contributed by atoms with van der Waals surface area (Å²) in [6.07, 6.45) is -6.33. The minimum Gasteiger partial charge on any atom is -0.496 e. The van der Waals surface area contributed by atoms with E-state index in [1.807, 2.05) is 0 Å². The van der Waals surface area contributed by atoms with Gasteiger partial charge in [0.2, 0.25) is 0 Å². The maximum Gasteiger partial charge on any atom is 0.460 e. The van der Waals surface area contributed by atoms with Crippen LogP contribution in [0, 0.1) is 5.82 Å². The van der Waals surface area contributed by atoms with Crippen LogP contribution < -0.4 is 13.7 Å². The molecule has 0 saturated carbocycles. The van der Waals surface area contributed by atoms with Gasteiger partial charge in [0, 0.05) is 24.7 Å². The third-order valence-corrected chi connectivity index (χ3v) is 9.08. The zero-order chi connectivity index (χ0) is 36.4. The number of hydrogen-bond acceptors (Lipinski definition) is 7. The van der Waals surface area contributed by atoms with E-state index in [9.17, 15) is 47.9 Å². The van der Waals surface area contributed by atoms with Crippen molar-refractivity contribution < 1.29 is 75.5 Å². The minimum atomic E-state index is -7.56. The highest BCUT2D eigenvalue weighted by atomic mass is 32.2. The van der Waals surface area contributed by atoms with Crippen molar-refractivity contribution in [2.24, 2.45) is 0 Å². The molecule has 1 aliphatic rings. The van der Waals surface area contributed by atoms with Crippen LogP contribution in [0.2, 0.25) is 0 Å². The SMILES string of the molecule is COCCOCOc1ccc2c(c1)CC[C@@H](c1ccccc1)[C@H]2c1cc(F)c(OS(=O)(=O)C(F)(F)C(F)(F)C(F)(F)C(F)(F)F)cc1OC. The Morgan fingerprint density at radius 3 is 2.08 bits per heavy atom. The molecule has 270 valence electrons. The van der Waals surface area contributed by atoms with Gasteiger partial charge in [0.1, 0.15) is 11.5 Å². The number of benzene rings is 3. The predicted molar refractivity (Wildman–Crippen MR) is 153 cm³/mol. The monoisotopic (exact) mass is 734 g/mol. The van der Waals surface area contributed by atoms with E-state index in [1.165, 1.54) is 7.11 Å². The molecule has 7 nitrogen and oxygen atoms in total. The Balaban J connectivity index is 1.75. The first kappa shape index (κ1) is 38.0. The summed E-state index contributed by atoms with van der Waals surface area (Å²) in [5.74, 6) is -19.7. The normalized spacial score (nSPS) is 17.4. The molecule has 0 amide bonds. The second-order valence-corrected chi connectivity index (χ2v) is 12.4. The molecule has 49 heavy (non-hydrogen) atoms. The number of hydrogen-bond donors (Lipinski definition) is 0. The first-order valence-corrected chi connectivity index (χ1v) is 15.6. The van der Waals surface area contributed by atoms with Crippen molar-refractivity contribution in [2.75, 3.05) is 34.2 Å². The van der Waals surface area contributed by atoms with Gasteiger partial charge in [0.15, 0.2) is 18.4 Å². The molecule has 0 N–H and O–H groups in total. The highest BCUT2D eigenvalue weighted by molar-refractivity contribution is 7.88. The van der Waals surface area contributed by atoms with Crippen molar-refractivity contribution in [1.82, 2.24) is 0 Å². The Labute approximate surface area is 273 Å². The van der Waals surface area contributed by atoms with Crippen molar-refractivity contribution in [1.29, 1.82) is 0 Å². The Hall–Kier alpha value is -3.77. The summed E-state index contributed by atoms with van der Waals surface area (Å²) in [6.45, 7) is 0.516. The molecule has 4 rings (SSSR count). The Morgan fingerprint density at radius 2 is 1.47 bits per heavy atom. The second-order valence-electron chi connectivity index (χ2n) is 10.8. The molecule has 3 aromatic carbocycles. The number of ether oxygens (including phenoxy) is 4. The summed E-state index contributed by atoms with van der Waals surface area (Å²) in [5.41, 5.74) is 2.15. The van der Waals surface area contributed by atoms with Gasteiger partial charge < -0.3 is 23.1 Å². The molecular formula is C31H28F10O7S. The van der Waals surface area contributed by atoms with Crippen LogP contribution in [0.15, 0.2) is 60.7 Å². The van der Waals surface area contributed by atoms with Gasteiger partial charge >= 0.3 is 33.4 Å². The van der Waals surface area contributed by atoms with Gasteiger partial charge in [-0.15, -0.1) is 0 Å². The van der Waals surface area contributed by atoms with E-state index in [4.69, 9.17) is 18.9 Å². The molecule has 2 atom stereocenters. The number of aryl methyl sites for hydroxylation is 1. The zero-order valence-electron chi connectivity index (χ0n) is 25.5. The van der Waals surface area contributed by atoms with E-state index < -0.39 is 62.5 Å². The minimum absolute atomic E-state index is 0.0109. The summed E-state index contributed by atoms with van der Waals surface area (Å²) in [4.78, 5) is 0. The summed E-state index contributed by atoms with van der Waals surface area (Å²) >= 11 is 0.